The monoisotopic (exact) mass is 386 g/mol. The van der Waals surface area contributed by atoms with Gasteiger partial charge in [0.1, 0.15) is 0 Å². The number of esters is 1. The van der Waals surface area contributed by atoms with Crippen LogP contribution in [0.1, 0.15) is 50.5 Å². The fraction of sp³-hybridized carbons (Fsp3) is 0.652. The van der Waals surface area contributed by atoms with Crippen molar-refractivity contribution in [3.63, 3.8) is 0 Å². The first kappa shape index (κ1) is 19.3. The zero-order valence-electron chi connectivity index (χ0n) is 16.9. The minimum atomic E-state index is -0.312. The van der Waals surface area contributed by atoms with E-state index in [2.05, 4.69) is 0 Å². The van der Waals surface area contributed by atoms with Gasteiger partial charge in [0.2, 0.25) is 0 Å². The maximum Gasteiger partial charge on any atom is 0.306 e. The highest BCUT2D eigenvalue weighted by Crippen LogP contribution is 2.60. The van der Waals surface area contributed by atoms with Crippen molar-refractivity contribution in [2.24, 2.45) is 23.2 Å². The molecule has 0 radical (unpaired) electrons. The van der Waals surface area contributed by atoms with Gasteiger partial charge in [0.15, 0.2) is 23.9 Å². The molecule has 4 fully saturated rings. The van der Waals surface area contributed by atoms with Crippen molar-refractivity contribution in [3.05, 3.63) is 23.8 Å². The molecule has 0 spiro atoms. The van der Waals surface area contributed by atoms with Crippen LogP contribution >= 0.6 is 0 Å². The fourth-order valence-corrected chi connectivity index (χ4v) is 6.11. The summed E-state index contributed by atoms with van der Waals surface area (Å²) < 4.78 is 15.9. The number of hydrogen-bond acceptors (Lipinski definition) is 5. The van der Waals surface area contributed by atoms with Gasteiger partial charge in [0.25, 0.3) is 0 Å². The van der Waals surface area contributed by atoms with E-state index in [-0.39, 0.29) is 30.2 Å². The standard InChI is InChI=1S/C23H30O5/c1-26-19-5-3-15(10-20(19)27-2)4-6-22(25)28-14-21(24)23-11-16-7-17(12-23)9-18(8-16)13-23/h3,5,10,16-18H,4,6-9,11-14H2,1-2H3. The molecule has 28 heavy (non-hydrogen) atoms. The lowest BCUT2D eigenvalue weighted by Crippen LogP contribution is -2.51. The quantitative estimate of drug-likeness (QED) is 0.633. The largest absolute Gasteiger partial charge is 0.493 e. The molecule has 5 heteroatoms. The molecule has 4 aliphatic carbocycles. The minimum Gasteiger partial charge on any atom is -0.493 e. The van der Waals surface area contributed by atoms with Gasteiger partial charge < -0.3 is 14.2 Å². The Morgan fingerprint density at radius 1 is 0.964 bits per heavy atom. The zero-order chi connectivity index (χ0) is 19.7. The highest BCUT2D eigenvalue weighted by molar-refractivity contribution is 5.88. The van der Waals surface area contributed by atoms with Crippen molar-refractivity contribution in [2.75, 3.05) is 20.8 Å². The Balaban J connectivity index is 1.27. The summed E-state index contributed by atoms with van der Waals surface area (Å²) in [6.45, 7) is -0.0586. The Labute approximate surface area is 166 Å². The van der Waals surface area contributed by atoms with Crippen molar-refractivity contribution in [3.8, 4) is 11.5 Å². The fourth-order valence-electron chi connectivity index (χ4n) is 6.11. The molecule has 0 amide bonds. The van der Waals surface area contributed by atoms with Crippen LogP contribution < -0.4 is 9.47 Å². The maximum atomic E-state index is 12.9. The lowest BCUT2D eigenvalue weighted by Gasteiger charge is -2.55. The maximum absolute atomic E-state index is 12.9. The Bertz CT molecular complexity index is 718. The van der Waals surface area contributed by atoms with Gasteiger partial charge in [-0.3, -0.25) is 9.59 Å². The topological polar surface area (TPSA) is 61.8 Å². The van der Waals surface area contributed by atoms with Crippen molar-refractivity contribution in [1.29, 1.82) is 0 Å². The first-order valence-electron chi connectivity index (χ1n) is 10.4. The van der Waals surface area contributed by atoms with Crippen LogP contribution in [-0.2, 0) is 20.7 Å². The van der Waals surface area contributed by atoms with E-state index >= 15 is 0 Å². The highest BCUT2D eigenvalue weighted by atomic mass is 16.5. The van der Waals surface area contributed by atoms with Crippen LogP contribution in [0, 0.1) is 23.2 Å². The molecular formula is C23H30O5. The van der Waals surface area contributed by atoms with Crippen LogP contribution in [0.15, 0.2) is 18.2 Å². The number of hydrogen-bond donors (Lipinski definition) is 0. The minimum absolute atomic E-state index is 0.0586. The number of carbonyl (C=O) groups is 2. The van der Waals surface area contributed by atoms with Gasteiger partial charge in [-0.05, 0) is 80.4 Å². The van der Waals surface area contributed by atoms with Gasteiger partial charge in [0, 0.05) is 11.8 Å². The smallest absolute Gasteiger partial charge is 0.306 e. The summed E-state index contributed by atoms with van der Waals surface area (Å²) in [5.41, 5.74) is 0.778. The summed E-state index contributed by atoms with van der Waals surface area (Å²) >= 11 is 0. The van der Waals surface area contributed by atoms with E-state index in [0.717, 1.165) is 42.6 Å². The molecule has 4 saturated carbocycles. The van der Waals surface area contributed by atoms with Gasteiger partial charge in [-0.1, -0.05) is 6.07 Å². The summed E-state index contributed by atoms with van der Waals surface area (Å²) in [4.78, 5) is 25.1. The molecule has 0 atom stereocenters. The number of ketones is 1. The summed E-state index contributed by atoms with van der Waals surface area (Å²) in [5.74, 6) is 3.31. The molecule has 0 aromatic heterocycles. The van der Waals surface area contributed by atoms with Gasteiger partial charge in [-0.2, -0.15) is 0 Å². The van der Waals surface area contributed by atoms with E-state index in [4.69, 9.17) is 14.2 Å². The number of aryl methyl sites for hydroxylation is 1. The SMILES string of the molecule is COc1ccc(CCC(=O)OCC(=O)C23CC4CC(CC(C4)C2)C3)cc1OC. The number of Topliss-reactive ketones (excluding diaryl/α,β-unsaturated/α-hetero) is 1. The Morgan fingerprint density at radius 3 is 2.14 bits per heavy atom. The third-order valence-electron chi connectivity index (χ3n) is 7.06. The Hall–Kier alpha value is -2.04. The first-order chi connectivity index (χ1) is 13.5. The average Bonchev–Trinajstić information content (AvgIpc) is 2.69. The molecule has 1 aromatic rings. The van der Waals surface area contributed by atoms with E-state index in [1.807, 2.05) is 18.2 Å². The molecule has 0 N–H and O–H groups in total. The molecule has 152 valence electrons. The summed E-state index contributed by atoms with van der Waals surface area (Å²) in [6.07, 6.45) is 7.75. The van der Waals surface area contributed by atoms with Crippen molar-refractivity contribution in [1.82, 2.24) is 0 Å². The molecule has 0 saturated heterocycles. The number of ether oxygens (including phenoxy) is 3. The second-order valence-corrected chi connectivity index (χ2v) is 8.97. The zero-order valence-corrected chi connectivity index (χ0v) is 16.9. The molecule has 4 aliphatic rings. The third kappa shape index (κ3) is 3.76. The third-order valence-corrected chi connectivity index (χ3v) is 7.06. The van der Waals surface area contributed by atoms with E-state index < -0.39 is 0 Å². The van der Waals surface area contributed by atoms with Crippen molar-refractivity contribution >= 4 is 11.8 Å². The second kappa shape index (κ2) is 7.76. The van der Waals surface area contributed by atoms with Gasteiger partial charge in [-0.15, -0.1) is 0 Å². The van der Waals surface area contributed by atoms with E-state index in [1.165, 1.54) is 19.3 Å². The predicted octanol–water partition coefficient (Wildman–Crippen LogP) is 3.97. The molecule has 1 aromatic carbocycles. The summed E-state index contributed by atoms with van der Waals surface area (Å²) in [6, 6.07) is 5.61. The van der Waals surface area contributed by atoms with Crippen molar-refractivity contribution < 1.29 is 23.8 Å². The predicted molar refractivity (Wildman–Crippen MR) is 104 cm³/mol. The second-order valence-electron chi connectivity index (χ2n) is 8.97. The van der Waals surface area contributed by atoms with E-state index in [1.54, 1.807) is 14.2 Å². The molecule has 0 heterocycles. The molecule has 4 bridgehead atoms. The lowest BCUT2D eigenvalue weighted by molar-refractivity contribution is -0.157. The molecule has 5 rings (SSSR count). The number of methoxy groups -OCH3 is 2. The normalized spacial score (nSPS) is 30.1. The number of rotatable bonds is 8. The first-order valence-corrected chi connectivity index (χ1v) is 10.4. The van der Waals surface area contributed by atoms with Crippen LogP contribution in [0.25, 0.3) is 0 Å². The number of carbonyl (C=O) groups excluding carboxylic acids is 2. The average molecular weight is 386 g/mol. The van der Waals surface area contributed by atoms with Gasteiger partial charge >= 0.3 is 5.97 Å². The van der Waals surface area contributed by atoms with Gasteiger partial charge in [-0.25, -0.2) is 0 Å². The van der Waals surface area contributed by atoms with Crippen LogP contribution in [0.5, 0.6) is 11.5 Å². The molecule has 0 aliphatic heterocycles. The highest BCUT2D eigenvalue weighted by Gasteiger charge is 2.54. The van der Waals surface area contributed by atoms with Crippen LogP contribution in [0.2, 0.25) is 0 Å². The Kier molecular flexibility index (Phi) is 5.35. The molecule has 5 nitrogen and oxygen atoms in total. The van der Waals surface area contributed by atoms with E-state index in [0.29, 0.717) is 17.9 Å². The molecular weight excluding hydrogens is 356 g/mol. The summed E-state index contributed by atoms with van der Waals surface area (Å²) in [5, 5.41) is 0. The van der Waals surface area contributed by atoms with E-state index in [9.17, 15) is 9.59 Å². The van der Waals surface area contributed by atoms with Crippen molar-refractivity contribution in [2.45, 2.75) is 51.4 Å². The van der Waals surface area contributed by atoms with Crippen LogP contribution in [-0.4, -0.2) is 32.6 Å². The lowest BCUT2D eigenvalue weighted by atomic mass is 9.48. The number of benzene rings is 1. The summed E-state index contributed by atoms with van der Waals surface area (Å²) in [7, 11) is 3.18. The van der Waals surface area contributed by atoms with Gasteiger partial charge in [0.05, 0.1) is 14.2 Å². The molecule has 0 unspecified atom stereocenters. The van der Waals surface area contributed by atoms with Crippen LogP contribution in [0.3, 0.4) is 0 Å². The van der Waals surface area contributed by atoms with Crippen LogP contribution in [0.4, 0.5) is 0 Å². The Morgan fingerprint density at radius 2 is 1.57 bits per heavy atom.